The molecule has 0 aliphatic carbocycles. The van der Waals surface area contributed by atoms with Crippen molar-refractivity contribution >= 4 is 6.79 Å². The van der Waals surface area contributed by atoms with Gasteiger partial charge in [0.1, 0.15) is 0 Å². The van der Waals surface area contributed by atoms with Crippen LogP contribution in [-0.4, -0.2) is 6.79 Å². The van der Waals surface area contributed by atoms with Crippen LogP contribution < -0.4 is 0 Å². The summed E-state index contributed by atoms with van der Waals surface area (Å²) in [6.07, 6.45) is 16.8. The summed E-state index contributed by atoms with van der Waals surface area (Å²) >= 11 is 0. The predicted octanol–water partition coefficient (Wildman–Crippen LogP) is 6.55. The van der Waals surface area contributed by atoms with E-state index in [2.05, 4.69) is 96.9 Å². The van der Waals surface area contributed by atoms with E-state index in [0.717, 1.165) is 0 Å². The van der Waals surface area contributed by atoms with Gasteiger partial charge in [0.25, 0.3) is 6.79 Å². The van der Waals surface area contributed by atoms with Crippen molar-refractivity contribution in [2.75, 3.05) is 0 Å². The van der Waals surface area contributed by atoms with Crippen molar-refractivity contribution in [1.82, 2.24) is 0 Å². The molecule has 0 fully saturated rings. The average molecular weight is 402 g/mol. The van der Waals surface area contributed by atoms with Gasteiger partial charge < -0.3 is 0 Å². The van der Waals surface area contributed by atoms with Gasteiger partial charge >= 0.3 is 0 Å². The predicted molar refractivity (Wildman–Crippen MR) is 102 cm³/mol. The number of rotatable bonds is 4. The Hall–Kier alpha value is -1.27. The molecule has 0 spiro atoms. The number of hydrogen-bond donors (Lipinski definition) is 0. The Morgan fingerprint density at radius 2 is 0.913 bits per heavy atom. The Labute approximate surface area is 157 Å². The van der Waals surface area contributed by atoms with Crippen LogP contribution in [0.25, 0.3) is 0 Å². The zero-order valence-electron chi connectivity index (χ0n) is 15.9. The van der Waals surface area contributed by atoms with Crippen molar-refractivity contribution < 1.29 is 24.3 Å². The fourth-order valence-corrected chi connectivity index (χ4v) is 0.977. The Bertz CT molecular complexity index is 396. The fraction of sp³-hybridized carbons (Fsp3) is 0.381. The summed E-state index contributed by atoms with van der Waals surface area (Å²) < 4.78 is 0. The second kappa shape index (κ2) is 23.0. The molecule has 0 saturated heterocycles. The molecule has 0 aromatic rings. The molecule has 2 heteroatoms. The van der Waals surface area contributed by atoms with E-state index < -0.39 is 0 Å². The normalized spacial score (nSPS) is 10.8. The largest absolute Gasteiger partial charge is 0.281 e. The van der Waals surface area contributed by atoms with Crippen LogP contribution in [0, 0.1) is 0 Å². The molecule has 0 rings (SSSR count). The molecule has 0 heterocycles. The summed E-state index contributed by atoms with van der Waals surface area (Å²) in [6, 6.07) is 0. The third-order valence-corrected chi connectivity index (χ3v) is 2.49. The first-order valence-corrected chi connectivity index (χ1v) is 7.42. The van der Waals surface area contributed by atoms with Gasteiger partial charge in [0.05, 0.1) is 0 Å². The second-order valence-corrected chi connectivity index (χ2v) is 5.27. The zero-order chi connectivity index (χ0) is 18.0. The van der Waals surface area contributed by atoms with Crippen LogP contribution >= 0.6 is 0 Å². The number of hydrogen-bond acceptors (Lipinski definition) is 1. The minimum absolute atomic E-state index is 0. The quantitative estimate of drug-likeness (QED) is 0.385. The van der Waals surface area contributed by atoms with E-state index in [0.29, 0.717) is 0 Å². The summed E-state index contributed by atoms with van der Waals surface area (Å²) in [7, 11) is 0. The molecule has 0 atom stereocenters. The Kier molecular flexibility index (Phi) is 29.7. The standard InChI is InChI=1S/2C10H16.CO.Ru/c2*1-5-10(4)8-6-7-9(2)3;1-2;/h2*5-8H,1-4H3;;. The first-order chi connectivity index (χ1) is 10.3. The molecule has 0 saturated carbocycles. The molecule has 2 radical (unpaired) electrons. The van der Waals surface area contributed by atoms with Gasteiger partial charge in [0.2, 0.25) is 0 Å². The van der Waals surface area contributed by atoms with Gasteiger partial charge in [-0.2, -0.15) is 0 Å². The monoisotopic (exact) mass is 402 g/mol. The molecule has 23 heavy (non-hydrogen) atoms. The fourth-order valence-electron chi connectivity index (χ4n) is 0.977. The molecule has 0 unspecified atom stereocenters. The molecule has 0 amide bonds. The molecular formula is C21H32ORu. The van der Waals surface area contributed by atoms with Crippen molar-refractivity contribution in [2.24, 2.45) is 0 Å². The van der Waals surface area contributed by atoms with Crippen molar-refractivity contribution in [3.05, 3.63) is 70.9 Å². The molecule has 0 aromatic carbocycles. The van der Waals surface area contributed by atoms with Crippen LogP contribution in [0.1, 0.15) is 55.4 Å². The summed E-state index contributed by atoms with van der Waals surface area (Å²) in [5.41, 5.74) is 5.27. The van der Waals surface area contributed by atoms with E-state index in [1.807, 2.05) is 13.8 Å². The third-order valence-electron chi connectivity index (χ3n) is 2.49. The van der Waals surface area contributed by atoms with Gasteiger partial charge in [-0.15, -0.1) is 0 Å². The number of carbonyl (C=O) groups excluding carboxylic acids is 1. The van der Waals surface area contributed by atoms with Crippen LogP contribution in [0.5, 0.6) is 0 Å². The van der Waals surface area contributed by atoms with Crippen LogP contribution in [-0.2, 0) is 24.3 Å². The molecule has 0 aliphatic rings. The maximum absolute atomic E-state index is 7.50. The van der Waals surface area contributed by atoms with Gasteiger partial charge in [0, 0.05) is 19.5 Å². The minimum Gasteiger partial charge on any atom is -0.281 e. The molecule has 0 aliphatic heterocycles. The van der Waals surface area contributed by atoms with Crippen LogP contribution in [0.3, 0.4) is 0 Å². The van der Waals surface area contributed by atoms with Gasteiger partial charge in [-0.25, -0.2) is 0 Å². The van der Waals surface area contributed by atoms with Gasteiger partial charge in [-0.3, -0.25) is 4.79 Å². The van der Waals surface area contributed by atoms with E-state index >= 15 is 0 Å². The Morgan fingerprint density at radius 1 is 0.652 bits per heavy atom. The van der Waals surface area contributed by atoms with E-state index in [9.17, 15) is 0 Å². The van der Waals surface area contributed by atoms with Crippen molar-refractivity contribution in [1.29, 1.82) is 0 Å². The maximum Gasteiger partial charge on any atom is 0.281 e. The average Bonchev–Trinajstić information content (AvgIpc) is 2.48. The smallest absolute Gasteiger partial charge is 0.281 e. The van der Waals surface area contributed by atoms with Crippen molar-refractivity contribution in [3.8, 4) is 0 Å². The number of allylic oxidation sites excluding steroid dienone is 12. The van der Waals surface area contributed by atoms with Gasteiger partial charge in [-0.05, 0) is 55.4 Å². The van der Waals surface area contributed by atoms with Gasteiger partial charge in [0.15, 0.2) is 0 Å². The summed E-state index contributed by atoms with van der Waals surface area (Å²) in [6.45, 7) is 21.1. The third kappa shape index (κ3) is 33.5. The SMILES string of the molecule is CC=C(C)C=CC=C(C)C.CC=C(C)C=CC=C(C)C.[C]=O.[Ru]. The molecular weight excluding hydrogens is 369 g/mol. The topological polar surface area (TPSA) is 17.1 Å². The first kappa shape index (κ1) is 29.7. The molecule has 0 N–H and O–H groups in total. The summed E-state index contributed by atoms with van der Waals surface area (Å²) in [4.78, 5) is 7.50. The molecule has 1 nitrogen and oxygen atoms in total. The second-order valence-electron chi connectivity index (χ2n) is 5.27. The maximum atomic E-state index is 7.50. The van der Waals surface area contributed by atoms with E-state index in [-0.39, 0.29) is 19.5 Å². The molecule has 130 valence electrons. The van der Waals surface area contributed by atoms with Crippen molar-refractivity contribution in [3.63, 3.8) is 0 Å². The summed E-state index contributed by atoms with van der Waals surface area (Å²) in [5, 5.41) is 0. The van der Waals surface area contributed by atoms with Gasteiger partial charge in [-0.1, -0.05) is 70.9 Å². The Morgan fingerprint density at radius 3 is 1.09 bits per heavy atom. The molecule has 0 aromatic heterocycles. The van der Waals surface area contributed by atoms with Crippen LogP contribution in [0.2, 0.25) is 0 Å². The minimum atomic E-state index is 0. The van der Waals surface area contributed by atoms with E-state index in [1.54, 1.807) is 0 Å². The van der Waals surface area contributed by atoms with Crippen molar-refractivity contribution in [2.45, 2.75) is 55.4 Å². The van der Waals surface area contributed by atoms with Crippen LogP contribution in [0.4, 0.5) is 0 Å². The first-order valence-electron chi connectivity index (χ1n) is 7.42. The zero-order valence-corrected chi connectivity index (χ0v) is 17.6. The van der Waals surface area contributed by atoms with Crippen LogP contribution in [0.15, 0.2) is 70.9 Å². The Balaban J connectivity index is -0.000000136. The van der Waals surface area contributed by atoms with E-state index in [1.165, 1.54) is 22.3 Å². The summed E-state index contributed by atoms with van der Waals surface area (Å²) in [5.74, 6) is 0. The molecule has 0 bridgehead atoms. The van der Waals surface area contributed by atoms with E-state index in [4.69, 9.17) is 4.79 Å².